The van der Waals surface area contributed by atoms with Gasteiger partial charge in [-0.25, -0.2) is 0 Å². The molecule has 4 heteroatoms. The number of hydrogen-bond acceptors (Lipinski definition) is 3. The van der Waals surface area contributed by atoms with Crippen LogP contribution in [0.2, 0.25) is 5.35 Å². The Bertz CT molecular complexity index is 386. The molecule has 0 unspecified atom stereocenters. The second-order valence-electron chi connectivity index (χ2n) is 2.63. The lowest BCUT2D eigenvalue weighted by molar-refractivity contribution is 0.413. The summed E-state index contributed by atoms with van der Waals surface area (Å²) in [6, 6.07) is 9.91. The van der Waals surface area contributed by atoms with Gasteiger partial charge in [0.15, 0.2) is 5.82 Å². The smallest absolute Gasteiger partial charge is 0.320 e. The summed E-state index contributed by atoms with van der Waals surface area (Å²) >= 11 is 5.49. The number of halogens is 1. The number of benzene rings is 1. The molecule has 1 aromatic heterocycles. The SMILES string of the molecule is Clc1nc(Cc2ccccc2)no1. The van der Waals surface area contributed by atoms with Gasteiger partial charge in [0.05, 0.1) is 0 Å². The highest BCUT2D eigenvalue weighted by Crippen LogP contribution is 2.08. The molecule has 0 saturated heterocycles. The molecule has 0 saturated carbocycles. The van der Waals surface area contributed by atoms with Gasteiger partial charge >= 0.3 is 5.35 Å². The van der Waals surface area contributed by atoms with E-state index >= 15 is 0 Å². The van der Waals surface area contributed by atoms with Crippen LogP contribution < -0.4 is 0 Å². The first-order chi connectivity index (χ1) is 6.34. The molecule has 3 nitrogen and oxygen atoms in total. The average Bonchev–Trinajstić information content (AvgIpc) is 2.53. The van der Waals surface area contributed by atoms with Crippen LogP contribution in [0.15, 0.2) is 34.9 Å². The molecule has 13 heavy (non-hydrogen) atoms. The van der Waals surface area contributed by atoms with Crippen molar-refractivity contribution in [2.75, 3.05) is 0 Å². The standard InChI is InChI=1S/C9H7ClN2O/c10-9-11-8(12-13-9)6-7-4-2-1-3-5-7/h1-5H,6H2. The zero-order valence-corrected chi connectivity index (χ0v) is 7.53. The molecule has 0 amide bonds. The number of nitrogens with zero attached hydrogens (tertiary/aromatic N) is 2. The molecule has 1 heterocycles. The van der Waals surface area contributed by atoms with E-state index in [1.807, 2.05) is 30.3 Å². The topological polar surface area (TPSA) is 38.9 Å². The molecule has 0 N–H and O–H groups in total. The molecule has 66 valence electrons. The summed E-state index contributed by atoms with van der Waals surface area (Å²) in [4.78, 5) is 3.89. The fraction of sp³-hybridized carbons (Fsp3) is 0.111. The van der Waals surface area contributed by atoms with Crippen LogP contribution in [0.5, 0.6) is 0 Å². The Hall–Kier alpha value is -1.35. The van der Waals surface area contributed by atoms with Crippen molar-refractivity contribution < 1.29 is 4.52 Å². The van der Waals surface area contributed by atoms with Gasteiger partial charge in [-0.15, -0.1) is 0 Å². The molecular formula is C9H7ClN2O. The monoisotopic (exact) mass is 194 g/mol. The van der Waals surface area contributed by atoms with Crippen LogP contribution in [0, 0.1) is 0 Å². The lowest BCUT2D eigenvalue weighted by atomic mass is 10.1. The van der Waals surface area contributed by atoms with Gasteiger partial charge in [0, 0.05) is 6.42 Å². The van der Waals surface area contributed by atoms with Crippen LogP contribution in [0.25, 0.3) is 0 Å². The van der Waals surface area contributed by atoms with Gasteiger partial charge in [-0.05, 0) is 17.2 Å². The van der Waals surface area contributed by atoms with Gasteiger partial charge in [0.1, 0.15) is 0 Å². The molecule has 2 aromatic rings. The van der Waals surface area contributed by atoms with Crippen molar-refractivity contribution in [2.45, 2.75) is 6.42 Å². The zero-order chi connectivity index (χ0) is 9.10. The largest absolute Gasteiger partial charge is 0.321 e. The molecule has 0 radical (unpaired) electrons. The van der Waals surface area contributed by atoms with Gasteiger partial charge in [-0.1, -0.05) is 35.5 Å². The summed E-state index contributed by atoms with van der Waals surface area (Å²) in [6.45, 7) is 0. The second kappa shape index (κ2) is 3.58. The van der Waals surface area contributed by atoms with Crippen molar-refractivity contribution in [1.82, 2.24) is 10.1 Å². The van der Waals surface area contributed by atoms with E-state index in [0.717, 1.165) is 5.56 Å². The summed E-state index contributed by atoms with van der Waals surface area (Å²) in [5, 5.41) is 3.78. The lowest BCUT2D eigenvalue weighted by Gasteiger charge is -1.93. The van der Waals surface area contributed by atoms with E-state index in [1.165, 1.54) is 0 Å². The Morgan fingerprint density at radius 1 is 1.23 bits per heavy atom. The fourth-order valence-corrected chi connectivity index (χ4v) is 1.21. The van der Waals surface area contributed by atoms with E-state index in [4.69, 9.17) is 11.6 Å². The molecule has 0 fully saturated rings. The molecule has 0 aliphatic carbocycles. The molecule has 0 bridgehead atoms. The first-order valence-corrected chi connectivity index (χ1v) is 4.24. The third-order valence-corrected chi connectivity index (χ3v) is 1.80. The highest BCUT2D eigenvalue weighted by atomic mass is 35.5. The summed E-state index contributed by atoms with van der Waals surface area (Å²) in [5.74, 6) is 0.608. The van der Waals surface area contributed by atoms with Crippen molar-refractivity contribution in [3.8, 4) is 0 Å². The normalized spacial score (nSPS) is 10.2. The molecule has 0 spiro atoms. The third kappa shape index (κ3) is 2.06. The minimum Gasteiger partial charge on any atom is -0.321 e. The molecule has 0 aliphatic rings. The molecule has 1 aromatic carbocycles. The Labute approximate surface area is 80.3 Å². The van der Waals surface area contributed by atoms with Crippen molar-refractivity contribution >= 4 is 11.6 Å². The zero-order valence-electron chi connectivity index (χ0n) is 6.77. The van der Waals surface area contributed by atoms with E-state index in [0.29, 0.717) is 12.2 Å². The number of aromatic nitrogens is 2. The van der Waals surface area contributed by atoms with Crippen molar-refractivity contribution in [3.05, 3.63) is 47.1 Å². The summed E-state index contributed by atoms with van der Waals surface area (Å²) in [5.41, 5.74) is 1.14. The van der Waals surface area contributed by atoms with Crippen molar-refractivity contribution in [3.63, 3.8) is 0 Å². The minimum absolute atomic E-state index is 0.0888. The minimum atomic E-state index is 0.0888. The predicted molar refractivity (Wildman–Crippen MR) is 48.6 cm³/mol. The summed E-state index contributed by atoms with van der Waals surface area (Å²) in [7, 11) is 0. The molecule has 2 rings (SSSR count). The van der Waals surface area contributed by atoms with Crippen LogP contribution in [0.3, 0.4) is 0 Å². The number of rotatable bonds is 2. The Kier molecular flexibility index (Phi) is 2.27. The van der Waals surface area contributed by atoms with Crippen molar-refractivity contribution in [2.24, 2.45) is 0 Å². The van der Waals surface area contributed by atoms with E-state index in [-0.39, 0.29) is 5.35 Å². The van der Waals surface area contributed by atoms with Gasteiger partial charge in [-0.2, -0.15) is 4.98 Å². The van der Waals surface area contributed by atoms with E-state index in [1.54, 1.807) is 0 Å². The van der Waals surface area contributed by atoms with Crippen LogP contribution in [0.1, 0.15) is 11.4 Å². The van der Waals surface area contributed by atoms with Gasteiger partial charge < -0.3 is 4.52 Å². The van der Waals surface area contributed by atoms with E-state index in [2.05, 4.69) is 14.7 Å². The van der Waals surface area contributed by atoms with Crippen LogP contribution in [-0.4, -0.2) is 10.1 Å². The van der Waals surface area contributed by atoms with Crippen LogP contribution in [0.4, 0.5) is 0 Å². The highest BCUT2D eigenvalue weighted by molar-refractivity contribution is 6.27. The second-order valence-corrected chi connectivity index (χ2v) is 2.95. The molecule has 0 atom stereocenters. The maximum atomic E-state index is 5.49. The summed E-state index contributed by atoms with van der Waals surface area (Å²) < 4.78 is 4.64. The van der Waals surface area contributed by atoms with Gasteiger partial charge in [-0.3, -0.25) is 0 Å². The van der Waals surface area contributed by atoms with Crippen LogP contribution in [-0.2, 0) is 6.42 Å². The quantitative estimate of drug-likeness (QED) is 0.737. The Morgan fingerprint density at radius 3 is 2.62 bits per heavy atom. The molecule has 0 aliphatic heterocycles. The first kappa shape index (κ1) is 8.26. The lowest BCUT2D eigenvalue weighted by Crippen LogP contribution is -1.89. The highest BCUT2D eigenvalue weighted by Gasteiger charge is 2.03. The van der Waals surface area contributed by atoms with E-state index in [9.17, 15) is 0 Å². The first-order valence-electron chi connectivity index (χ1n) is 3.86. The van der Waals surface area contributed by atoms with Crippen LogP contribution >= 0.6 is 11.6 Å². The number of hydrogen-bond donors (Lipinski definition) is 0. The summed E-state index contributed by atoms with van der Waals surface area (Å²) in [6.07, 6.45) is 0.650. The third-order valence-electron chi connectivity index (χ3n) is 1.65. The van der Waals surface area contributed by atoms with Gasteiger partial charge in [0.2, 0.25) is 0 Å². The molecular weight excluding hydrogens is 188 g/mol. The Balaban J connectivity index is 2.15. The Morgan fingerprint density at radius 2 is 2.00 bits per heavy atom. The average molecular weight is 195 g/mol. The van der Waals surface area contributed by atoms with E-state index < -0.39 is 0 Å². The maximum Gasteiger partial charge on any atom is 0.320 e. The maximum absolute atomic E-state index is 5.49. The fourth-order valence-electron chi connectivity index (χ4n) is 1.08. The van der Waals surface area contributed by atoms with Gasteiger partial charge in [0.25, 0.3) is 0 Å². The predicted octanol–water partition coefficient (Wildman–Crippen LogP) is 2.31. The van der Waals surface area contributed by atoms with Crippen molar-refractivity contribution in [1.29, 1.82) is 0 Å².